The van der Waals surface area contributed by atoms with Crippen molar-refractivity contribution in [2.45, 2.75) is 64.3 Å². The van der Waals surface area contributed by atoms with E-state index in [1.54, 1.807) is 12.0 Å². The number of hydrogen-bond acceptors (Lipinski definition) is 7. The molecule has 2 aromatic rings. The fourth-order valence-corrected chi connectivity index (χ4v) is 6.71. The molecule has 1 fully saturated rings. The Morgan fingerprint density at radius 1 is 1.09 bits per heavy atom. The maximum Gasteiger partial charge on any atom is 0.308 e. The van der Waals surface area contributed by atoms with Crippen molar-refractivity contribution in [3.63, 3.8) is 0 Å². The van der Waals surface area contributed by atoms with Gasteiger partial charge in [0.25, 0.3) is 0 Å². The Balaban J connectivity index is 1.45. The van der Waals surface area contributed by atoms with Gasteiger partial charge in [-0.1, -0.05) is 44.9 Å². The number of likely N-dealkylation sites (tertiary alicyclic amines) is 1. The molecule has 0 bridgehead atoms. The first-order valence-corrected chi connectivity index (χ1v) is 15.5. The van der Waals surface area contributed by atoms with Crippen molar-refractivity contribution in [1.29, 1.82) is 0 Å². The minimum absolute atomic E-state index is 0.0102. The van der Waals surface area contributed by atoms with Crippen LogP contribution in [0.25, 0.3) is 0 Å². The van der Waals surface area contributed by atoms with Gasteiger partial charge in [0.2, 0.25) is 24.4 Å². The number of carboxylic acids is 1. The third-order valence-corrected chi connectivity index (χ3v) is 8.97. The number of ether oxygens (including phenoxy) is 3. The Morgan fingerprint density at radius 2 is 1.84 bits per heavy atom. The molecule has 10 nitrogen and oxygen atoms in total. The lowest BCUT2D eigenvalue weighted by atomic mass is 9.84. The van der Waals surface area contributed by atoms with Gasteiger partial charge in [-0.25, -0.2) is 0 Å². The highest BCUT2D eigenvalue weighted by Crippen LogP contribution is 2.47. The Hall–Kier alpha value is -3.79. The van der Waals surface area contributed by atoms with E-state index in [1.165, 1.54) is 0 Å². The lowest BCUT2D eigenvalue weighted by Crippen LogP contribution is -2.46. The fourth-order valence-electron chi connectivity index (χ4n) is 6.71. The van der Waals surface area contributed by atoms with Gasteiger partial charge in [-0.2, -0.15) is 0 Å². The maximum absolute atomic E-state index is 13.7. The van der Waals surface area contributed by atoms with Crippen molar-refractivity contribution < 1.29 is 33.7 Å². The molecule has 3 atom stereocenters. The van der Waals surface area contributed by atoms with E-state index >= 15 is 0 Å². The molecule has 3 aliphatic heterocycles. The maximum atomic E-state index is 13.7. The Bertz CT molecular complexity index is 1320. The van der Waals surface area contributed by atoms with Gasteiger partial charge >= 0.3 is 5.97 Å². The van der Waals surface area contributed by atoms with Crippen molar-refractivity contribution in [3.05, 3.63) is 47.5 Å². The van der Waals surface area contributed by atoms with E-state index in [9.17, 15) is 19.5 Å². The largest absolute Gasteiger partial charge is 0.493 e. The second-order valence-corrected chi connectivity index (χ2v) is 11.7. The van der Waals surface area contributed by atoms with Crippen molar-refractivity contribution in [2.24, 2.45) is 5.92 Å². The number of rotatable bonds is 14. The molecule has 1 N–H and O–H groups in total. The third kappa shape index (κ3) is 6.44. The molecule has 0 unspecified atom stereocenters. The predicted molar refractivity (Wildman–Crippen MR) is 162 cm³/mol. The van der Waals surface area contributed by atoms with Gasteiger partial charge in [-0.15, -0.1) is 0 Å². The standard InChI is InChI=1S/C33H43N3O7/c1-4-6-13-34(14-7-5-2)30(38)20-35-19-24(23-16-27(41-3)32-28(17-23)42-21-43-32)31(33(39)40)26(35)12-15-36-25-11-9-8-10-22(25)18-29(36)37/h8-11,16-17,24,26,31H,4-7,12-15,18-21H2,1-3H3,(H,39,40)/t24-,26+,31-/m1/s1. The van der Waals surface area contributed by atoms with Crippen LogP contribution in [0.15, 0.2) is 36.4 Å². The number of hydrogen-bond donors (Lipinski definition) is 1. The number of aliphatic carboxylic acids is 1. The van der Waals surface area contributed by atoms with Crippen LogP contribution in [-0.4, -0.2) is 85.4 Å². The van der Waals surface area contributed by atoms with Gasteiger partial charge in [0.15, 0.2) is 11.5 Å². The van der Waals surface area contributed by atoms with E-state index < -0.39 is 23.8 Å². The summed E-state index contributed by atoms with van der Waals surface area (Å²) in [5.41, 5.74) is 2.63. The van der Waals surface area contributed by atoms with Gasteiger partial charge in [0.1, 0.15) is 0 Å². The first-order chi connectivity index (χ1) is 20.9. The topological polar surface area (TPSA) is 109 Å². The van der Waals surface area contributed by atoms with Crippen LogP contribution in [0.3, 0.4) is 0 Å². The minimum Gasteiger partial charge on any atom is -0.493 e. The number of carbonyl (C=O) groups is 3. The minimum atomic E-state index is -0.927. The smallest absolute Gasteiger partial charge is 0.308 e. The number of amides is 2. The molecule has 0 saturated carbocycles. The molecule has 5 rings (SSSR count). The summed E-state index contributed by atoms with van der Waals surface area (Å²) in [4.78, 5) is 45.4. The van der Waals surface area contributed by atoms with Crippen LogP contribution in [0, 0.1) is 5.92 Å². The van der Waals surface area contributed by atoms with Crippen LogP contribution in [0.1, 0.15) is 63.0 Å². The highest BCUT2D eigenvalue weighted by molar-refractivity contribution is 6.01. The zero-order valence-corrected chi connectivity index (χ0v) is 25.4. The average Bonchev–Trinajstić information content (AvgIpc) is 3.70. The molecule has 2 amide bonds. The molecule has 0 spiro atoms. The molecule has 43 heavy (non-hydrogen) atoms. The molecule has 3 aliphatic rings. The molecule has 2 aromatic carbocycles. The molecule has 1 saturated heterocycles. The SMILES string of the molecule is CCCCN(CCCC)C(=O)CN1C[C@H](c2cc(OC)c3c(c2)OCO3)[C@@H](C(=O)O)[C@@H]1CCN1C(=O)Cc2ccccc21. The van der Waals surface area contributed by atoms with E-state index in [-0.39, 0.29) is 25.2 Å². The summed E-state index contributed by atoms with van der Waals surface area (Å²) in [7, 11) is 1.55. The number of carboxylic acid groups (broad SMARTS) is 1. The van der Waals surface area contributed by atoms with Crippen molar-refractivity contribution in [2.75, 3.05) is 51.5 Å². The highest BCUT2D eigenvalue weighted by atomic mass is 16.7. The number of methoxy groups -OCH3 is 1. The van der Waals surface area contributed by atoms with Crippen LogP contribution in [-0.2, 0) is 20.8 Å². The number of fused-ring (bicyclic) bond motifs is 2. The van der Waals surface area contributed by atoms with Crippen LogP contribution < -0.4 is 19.1 Å². The summed E-state index contributed by atoms with van der Waals surface area (Å²) in [5.74, 6) is -0.597. The van der Waals surface area contributed by atoms with E-state index in [0.717, 1.165) is 42.5 Å². The van der Waals surface area contributed by atoms with Crippen molar-refractivity contribution in [3.8, 4) is 17.2 Å². The lowest BCUT2D eigenvalue weighted by molar-refractivity contribution is -0.143. The van der Waals surface area contributed by atoms with E-state index in [1.807, 2.05) is 46.2 Å². The van der Waals surface area contributed by atoms with Gasteiger partial charge in [0, 0.05) is 43.8 Å². The zero-order chi connectivity index (χ0) is 30.5. The molecule has 232 valence electrons. The number of para-hydroxylation sites is 1. The summed E-state index contributed by atoms with van der Waals surface area (Å²) < 4.78 is 16.8. The Morgan fingerprint density at radius 3 is 2.53 bits per heavy atom. The lowest BCUT2D eigenvalue weighted by Gasteiger charge is -2.31. The van der Waals surface area contributed by atoms with Crippen LogP contribution >= 0.6 is 0 Å². The molecule has 0 aromatic heterocycles. The Kier molecular flexibility index (Phi) is 9.75. The second-order valence-electron chi connectivity index (χ2n) is 11.7. The van der Waals surface area contributed by atoms with Crippen LogP contribution in [0.5, 0.6) is 17.2 Å². The van der Waals surface area contributed by atoms with Gasteiger partial charge < -0.3 is 29.1 Å². The quantitative estimate of drug-likeness (QED) is 0.346. The monoisotopic (exact) mass is 593 g/mol. The average molecular weight is 594 g/mol. The fraction of sp³-hybridized carbons (Fsp3) is 0.545. The molecule has 3 heterocycles. The highest BCUT2D eigenvalue weighted by Gasteiger charge is 2.48. The number of benzene rings is 2. The normalized spacial score (nSPS) is 20.9. The summed E-state index contributed by atoms with van der Waals surface area (Å²) in [5, 5.41) is 10.6. The van der Waals surface area contributed by atoms with E-state index in [0.29, 0.717) is 56.3 Å². The molecular formula is C33H43N3O7. The Labute approximate surface area is 253 Å². The van der Waals surface area contributed by atoms with Gasteiger partial charge in [0.05, 0.1) is 26.0 Å². The zero-order valence-electron chi connectivity index (χ0n) is 25.4. The summed E-state index contributed by atoms with van der Waals surface area (Å²) in [6.45, 7) is 6.57. The first kappa shape index (κ1) is 30.7. The van der Waals surface area contributed by atoms with Crippen LogP contribution in [0.2, 0.25) is 0 Å². The van der Waals surface area contributed by atoms with Gasteiger partial charge in [-0.3, -0.25) is 19.3 Å². The molecule has 0 aliphatic carbocycles. The van der Waals surface area contributed by atoms with Crippen molar-refractivity contribution >= 4 is 23.5 Å². The predicted octanol–water partition coefficient (Wildman–Crippen LogP) is 4.30. The summed E-state index contributed by atoms with van der Waals surface area (Å²) in [6, 6.07) is 10.9. The second kappa shape index (κ2) is 13.7. The van der Waals surface area contributed by atoms with E-state index in [4.69, 9.17) is 14.2 Å². The number of anilines is 1. The van der Waals surface area contributed by atoms with Crippen LogP contribution in [0.4, 0.5) is 5.69 Å². The van der Waals surface area contributed by atoms with E-state index in [2.05, 4.69) is 13.8 Å². The number of nitrogens with zero attached hydrogens (tertiary/aromatic N) is 3. The summed E-state index contributed by atoms with van der Waals surface area (Å²) >= 11 is 0. The molecular weight excluding hydrogens is 550 g/mol. The van der Waals surface area contributed by atoms with Crippen molar-refractivity contribution in [1.82, 2.24) is 9.80 Å². The summed E-state index contributed by atoms with van der Waals surface area (Å²) in [6.07, 6.45) is 4.59. The van der Waals surface area contributed by atoms with Gasteiger partial charge in [-0.05, 0) is 48.6 Å². The molecule has 10 heteroatoms. The number of carbonyl (C=O) groups excluding carboxylic acids is 2. The number of unbranched alkanes of at least 4 members (excludes halogenated alkanes) is 2. The first-order valence-electron chi connectivity index (χ1n) is 15.5. The third-order valence-electron chi connectivity index (χ3n) is 8.97. The molecule has 0 radical (unpaired) electrons.